The maximum atomic E-state index is 12.9. The number of alkyl halides is 3. The summed E-state index contributed by atoms with van der Waals surface area (Å²) in [5.74, 6) is -0.0944. The smallest absolute Gasteiger partial charge is 0.416 e. The second-order valence-electron chi connectivity index (χ2n) is 6.54. The molecule has 4 aromatic rings. The monoisotopic (exact) mass is 432 g/mol. The predicted octanol–water partition coefficient (Wildman–Crippen LogP) is 5.24. The molecule has 0 fully saturated rings. The number of fused-ring (bicyclic) bond motifs is 1. The molecule has 1 amide bonds. The Kier molecular flexibility index (Phi) is 5.25. The van der Waals surface area contributed by atoms with Crippen LogP contribution in [0.25, 0.3) is 21.7 Å². The Morgan fingerprint density at radius 2 is 2.00 bits per heavy atom. The first-order chi connectivity index (χ1) is 14.3. The minimum Gasteiger partial charge on any atom is -0.421 e. The summed E-state index contributed by atoms with van der Waals surface area (Å²) in [5.41, 5.74) is 0.906. The van der Waals surface area contributed by atoms with Crippen LogP contribution in [0.15, 0.2) is 46.9 Å². The maximum Gasteiger partial charge on any atom is 0.416 e. The summed E-state index contributed by atoms with van der Waals surface area (Å²) in [4.78, 5) is 16.6. The van der Waals surface area contributed by atoms with Crippen LogP contribution in [0.5, 0.6) is 0 Å². The minimum atomic E-state index is -4.46. The number of carbonyl (C=O) groups excluding carboxylic acids is 1. The highest BCUT2D eigenvalue weighted by atomic mass is 32.1. The van der Waals surface area contributed by atoms with Crippen LogP contribution < -0.4 is 5.32 Å². The average molecular weight is 432 g/mol. The van der Waals surface area contributed by atoms with E-state index in [2.05, 4.69) is 20.5 Å². The molecule has 0 radical (unpaired) electrons. The van der Waals surface area contributed by atoms with Gasteiger partial charge in [0, 0.05) is 24.1 Å². The Morgan fingerprint density at radius 1 is 1.17 bits per heavy atom. The molecule has 0 aliphatic carbocycles. The molecule has 1 N–H and O–H groups in total. The third-order valence-electron chi connectivity index (χ3n) is 4.25. The number of nitrogens with one attached hydrogen (secondary N) is 1. The van der Waals surface area contributed by atoms with Crippen LogP contribution in [0.2, 0.25) is 0 Å². The molecule has 0 aliphatic heterocycles. The van der Waals surface area contributed by atoms with Gasteiger partial charge in [0.2, 0.25) is 17.7 Å². The number of halogens is 3. The summed E-state index contributed by atoms with van der Waals surface area (Å²) in [6.45, 7) is 1.92. The first kappa shape index (κ1) is 20.0. The zero-order valence-electron chi connectivity index (χ0n) is 15.7. The molecule has 2 heterocycles. The van der Waals surface area contributed by atoms with Gasteiger partial charge in [-0.2, -0.15) is 13.2 Å². The van der Waals surface area contributed by atoms with E-state index in [1.165, 1.54) is 12.1 Å². The lowest BCUT2D eigenvalue weighted by molar-refractivity contribution is -0.137. The van der Waals surface area contributed by atoms with Crippen molar-refractivity contribution in [3.63, 3.8) is 0 Å². The molecule has 4 rings (SSSR count). The van der Waals surface area contributed by atoms with Crippen molar-refractivity contribution in [2.45, 2.75) is 25.9 Å². The van der Waals surface area contributed by atoms with Crippen molar-refractivity contribution in [1.82, 2.24) is 15.2 Å². The molecular formula is C20H15F3N4O2S. The van der Waals surface area contributed by atoms with E-state index in [1.807, 2.05) is 19.1 Å². The average Bonchev–Trinajstić information content (AvgIpc) is 3.31. The first-order valence-electron chi connectivity index (χ1n) is 8.95. The van der Waals surface area contributed by atoms with E-state index >= 15 is 0 Å². The van der Waals surface area contributed by atoms with Gasteiger partial charge in [0.15, 0.2) is 0 Å². The van der Waals surface area contributed by atoms with E-state index in [0.717, 1.165) is 27.4 Å². The van der Waals surface area contributed by atoms with Gasteiger partial charge in [0.1, 0.15) is 0 Å². The number of benzene rings is 2. The zero-order chi connectivity index (χ0) is 21.3. The molecule has 0 bridgehead atoms. The van der Waals surface area contributed by atoms with Gasteiger partial charge in [-0.25, -0.2) is 4.98 Å². The summed E-state index contributed by atoms with van der Waals surface area (Å²) in [6.07, 6.45) is -4.21. The summed E-state index contributed by atoms with van der Waals surface area (Å²) in [6, 6.07) is 10.1. The molecular weight excluding hydrogens is 417 g/mol. The van der Waals surface area contributed by atoms with E-state index in [1.54, 1.807) is 17.4 Å². The van der Waals surface area contributed by atoms with Crippen LogP contribution in [0.4, 0.5) is 18.9 Å². The molecule has 30 heavy (non-hydrogen) atoms. The highest BCUT2D eigenvalue weighted by molar-refractivity contribution is 7.18. The Labute approximate surface area is 172 Å². The first-order valence-corrected chi connectivity index (χ1v) is 9.76. The number of anilines is 1. The summed E-state index contributed by atoms with van der Waals surface area (Å²) in [7, 11) is 0. The van der Waals surface area contributed by atoms with Crippen molar-refractivity contribution in [3.05, 3.63) is 58.9 Å². The number of amides is 1. The number of hydrogen-bond donors (Lipinski definition) is 1. The minimum absolute atomic E-state index is 0.0254. The van der Waals surface area contributed by atoms with Crippen LogP contribution in [0.3, 0.4) is 0 Å². The molecule has 0 spiro atoms. The van der Waals surface area contributed by atoms with Crippen molar-refractivity contribution in [1.29, 1.82) is 0 Å². The highest BCUT2D eigenvalue weighted by Gasteiger charge is 2.30. The maximum absolute atomic E-state index is 12.9. The molecule has 0 aliphatic rings. The van der Waals surface area contributed by atoms with E-state index in [9.17, 15) is 18.0 Å². The van der Waals surface area contributed by atoms with Crippen molar-refractivity contribution < 1.29 is 22.4 Å². The van der Waals surface area contributed by atoms with Gasteiger partial charge in [-0.05, 0) is 43.3 Å². The molecule has 0 atom stereocenters. The van der Waals surface area contributed by atoms with Gasteiger partial charge in [0.25, 0.3) is 0 Å². The largest absolute Gasteiger partial charge is 0.421 e. The fourth-order valence-electron chi connectivity index (χ4n) is 2.86. The molecule has 0 unspecified atom stereocenters. The second kappa shape index (κ2) is 7.86. The van der Waals surface area contributed by atoms with Crippen LogP contribution in [0.1, 0.15) is 22.9 Å². The zero-order valence-corrected chi connectivity index (χ0v) is 16.5. The Bertz CT molecular complexity index is 1220. The topological polar surface area (TPSA) is 80.9 Å². The normalized spacial score (nSPS) is 11.7. The lowest BCUT2D eigenvalue weighted by Crippen LogP contribution is -2.12. The molecule has 0 saturated heterocycles. The number of aryl methyl sites for hydroxylation is 2. The van der Waals surface area contributed by atoms with Crippen LogP contribution in [0, 0.1) is 6.92 Å². The lowest BCUT2D eigenvalue weighted by atomic mass is 10.1. The molecule has 10 heteroatoms. The number of nitrogens with zero attached hydrogens (tertiary/aromatic N) is 3. The number of carbonyl (C=O) groups is 1. The van der Waals surface area contributed by atoms with Gasteiger partial charge < -0.3 is 9.73 Å². The van der Waals surface area contributed by atoms with Gasteiger partial charge in [0.05, 0.1) is 20.8 Å². The molecule has 2 aromatic carbocycles. The Balaban J connectivity index is 1.38. The van der Waals surface area contributed by atoms with Crippen LogP contribution >= 0.6 is 11.3 Å². The lowest BCUT2D eigenvalue weighted by Gasteiger charge is -2.06. The molecule has 0 saturated carbocycles. The van der Waals surface area contributed by atoms with Crippen molar-refractivity contribution >= 4 is 33.1 Å². The van der Waals surface area contributed by atoms with Crippen molar-refractivity contribution in [2.24, 2.45) is 0 Å². The fraction of sp³-hybridized carbons (Fsp3) is 0.200. The quantitative estimate of drug-likeness (QED) is 0.466. The Hall–Kier alpha value is -3.27. The van der Waals surface area contributed by atoms with Gasteiger partial charge in [-0.1, -0.05) is 6.07 Å². The third-order valence-corrected chi connectivity index (χ3v) is 5.18. The van der Waals surface area contributed by atoms with Crippen LogP contribution in [-0.2, 0) is 17.4 Å². The SMILES string of the molecule is Cc1nc2ccc(NC(=O)CCc3nnc(-c4cccc(C(F)(F)F)c4)o3)cc2s1. The van der Waals surface area contributed by atoms with Crippen LogP contribution in [-0.4, -0.2) is 21.1 Å². The summed E-state index contributed by atoms with van der Waals surface area (Å²) >= 11 is 1.54. The molecule has 154 valence electrons. The predicted molar refractivity (Wildman–Crippen MR) is 106 cm³/mol. The summed E-state index contributed by atoms with van der Waals surface area (Å²) < 4.78 is 45.0. The fourth-order valence-corrected chi connectivity index (χ4v) is 3.73. The van der Waals surface area contributed by atoms with E-state index in [4.69, 9.17) is 4.42 Å². The molecule has 6 nitrogen and oxygen atoms in total. The molecule has 2 aromatic heterocycles. The van der Waals surface area contributed by atoms with Crippen molar-refractivity contribution in [2.75, 3.05) is 5.32 Å². The Morgan fingerprint density at radius 3 is 2.80 bits per heavy atom. The standard InChI is InChI=1S/C20H15F3N4O2S/c1-11-24-15-6-5-14(10-16(15)30-11)25-17(28)7-8-18-26-27-19(29-18)12-3-2-4-13(9-12)20(21,22)23/h2-6,9-10H,7-8H2,1H3,(H,25,28). The van der Waals surface area contributed by atoms with Gasteiger partial charge in [-0.3, -0.25) is 4.79 Å². The number of aromatic nitrogens is 3. The number of thiazole rings is 1. The highest BCUT2D eigenvalue weighted by Crippen LogP contribution is 2.32. The van der Waals surface area contributed by atoms with E-state index < -0.39 is 11.7 Å². The van der Waals surface area contributed by atoms with Crippen molar-refractivity contribution in [3.8, 4) is 11.5 Å². The van der Waals surface area contributed by atoms with Gasteiger partial charge >= 0.3 is 6.18 Å². The van der Waals surface area contributed by atoms with E-state index in [0.29, 0.717) is 5.69 Å². The second-order valence-corrected chi connectivity index (χ2v) is 7.78. The van der Waals surface area contributed by atoms with Gasteiger partial charge in [-0.15, -0.1) is 21.5 Å². The number of rotatable bonds is 5. The number of hydrogen-bond acceptors (Lipinski definition) is 6. The summed E-state index contributed by atoms with van der Waals surface area (Å²) in [5, 5.41) is 11.4. The third kappa shape index (κ3) is 4.48. The van der Waals surface area contributed by atoms with E-state index in [-0.39, 0.29) is 36.1 Å².